The summed E-state index contributed by atoms with van der Waals surface area (Å²) in [5, 5.41) is 0. The third kappa shape index (κ3) is 3.21. The maximum atomic E-state index is 13.4. The highest BCUT2D eigenvalue weighted by Crippen LogP contribution is 2.47. The predicted molar refractivity (Wildman–Crippen MR) is 151 cm³/mol. The molecule has 9 heteroatoms. The molecule has 0 aliphatic carbocycles. The number of carbonyl (C=O) groups is 2. The summed E-state index contributed by atoms with van der Waals surface area (Å²) in [5.74, 6) is -0.445. The second-order valence-electron chi connectivity index (χ2n) is 9.28. The molecule has 0 N–H and O–H groups in total. The van der Waals surface area contributed by atoms with E-state index in [0.717, 1.165) is 16.0 Å². The molecule has 37 heavy (non-hydrogen) atoms. The standard InChI is InChI=1S/C28H20N4O2S3/c1-13-5-7-16(29-11-13)23-21-22(28(34)31(23)3)24(32(4)27(21)33)17-8-6-15(12-30-17)18-10-20-26(37-18)25-19(36-20)9-14(2)35-25/h5-12H,1-4H3. The molecule has 0 aromatic carbocycles. The zero-order valence-corrected chi connectivity index (χ0v) is 22.9. The lowest BCUT2D eigenvalue weighted by molar-refractivity contribution is -0.123. The van der Waals surface area contributed by atoms with Crippen LogP contribution in [0, 0.1) is 13.8 Å². The maximum absolute atomic E-state index is 13.4. The van der Waals surface area contributed by atoms with Crippen LogP contribution in [0.15, 0.2) is 59.9 Å². The molecule has 0 radical (unpaired) electrons. The molecule has 182 valence electrons. The van der Waals surface area contributed by atoms with E-state index in [1.54, 1.807) is 31.6 Å². The topological polar surface area (TPSA) is 66.4 Å². The average Bonchev–Trinajstić information content (AvgIpc) is 3.64. The van der Waals surface area contributed by atoms with Crippen LogP contribution >= 0.6 is 34.0 Å². The number of pyridine rings is 2. The minimum Gasteiger partial charge on any atom is -0.309 e. The van der Waals surface area contributed by atoms with E-state index >= 15 is 0 Å². The van der Waals surface area contributed by atoms with Gasteiger partial charge in [-0.3, -0.25) is 19.6 Å². The van der Waals surface area contributed by atoms with Gasteiger partial charge in [-0.25, -0.2) is 0 Å². The number of fused-ring (bicyclic) bond motifs is 4. The number of carbonyl (C=O) groups excluding carboxylic acids is 2. The molecule has 2 amide bonds. The first-order valence-corrected chi connectivity index (χ1v) is 14.1. The molecule has 2 aliphatic rings. The Kier molecular flexibility index (Phi) is 4.82. The fourth-order valence-corrected chi connectivity index (χ4v) is 8.93. The van der Waals surface area contributed by atoms with Crippen LogP contribution in [0.25, 0.3) is 40.6 Å². The molecule has 0 fully saturated rings. The minimum atomic E-state index is -0.222. The number of hydrogen-bond donors (Lipinski definition) is 0. The average molecular weight is 541 g/mol. The lowest BCUT2D eigenvalue weighted by atomic mass is 10.0. The van der Waals surface area contributed by atoms with Gasteiger partial charge in [0.1, 0.15) is 0 Å². The Morgan fingerprint density at radius 1 is 0.703 bits per heavy atom. The fraction of sp³-hybridized carbons (Fsp3) is 0.143. The van der Waals surface area contributed by atoms with Crippen LogP contribution in [0.3, 0.4) is 0 Å². The van der Waals surface area contributed by atoms with E-state index in [9.17, 15) is 9.59 Å². The van der Waals surface area contributed by atoms with E-state index in [1.165, 1.54) is 33.5 Å². The monoisotopic (exact) mass is 540 g/mol. The van der Waals surface area contributed by atoms with Crippen LogP contribution in [0.4, 0.5) is 0 Å². The van der Waals surface area contributed by atoms with Crippen molar-refractivity contribution in [3.63, 3.8) is 0 Å². The van der Waals surface area contributed by atoms with Crippen LogP contribution in [-0.4, -0.2) is 45.7 Å². The summed E-state index contributed by atoms with van der Waals surface area (Å²) in [5.41, 5.74) is 5.08. The largest absolute Gasteiger partial charge is 0.309 e. The van der Waals surface area contributed by atoms with Gasteiger partial charge in [0, 0.05) is 51.2 Å². The molecule has 0 unspecified atom stereocenters. The first-order chi connectivity index (χ1) is 17.8. The summed E-state index contributed by atoms with van der Waals surface area (Å²) in [4.78, 5) is 41.5. The molecule has 5 aromatic rings. The Balaban J connectivity index is 1.31. The van der Waals surface area contributed by atoms with E-state index in [1.807, 2.05) is 60.1 Å². The number of thiophene rings is 3. The van der Waals surface area contributed by atoms with Gasteiger partial charge in [0.25, 0.3) is 11.8 Å². The Labute approximate surface area is 224 Å². The van der Waals surface area contributed by atoms with Crippen LogP contribution in [0.1, 0.15) is 21.8 Å². The van der Waals surface area contributed by atoms with E-state index in [4.69, 9.17) is 4.98 Å². The Morgan fingerprint density at radius 3 is 1.89 bits per heavy atom. The van der Waals surface area contributed by atoms with Gasteiger partial charge in [0.15, 0.2) is 0 Å². The molecule has 7 rings (SSSR count). The van der Waals surface area contributed by atoms with Crippen molar-refractivity contribution in [3.05, 3.63) is 81.8 Å². The van der Waals surface area contributed by atoms with E-state index in [-0.39, 0.29) is 11.8 Å². The fourth-order valence-electron chi connectivity index (χ4n) is 5.01. The molecule has 7 heterocycles. The number of aromatic nitrogens is 2. The van der Waals surface area contributed by atoms with Gasteiger partial charge < -0.3 is 9.80 Å². The van der Waals surface area contributed by atoms with Gasteiger partial charge in [-0.05, 0) is 49.7 Å². The SMILES string of the molecule is Cc1ccc(C2=C3C(=O)N(C)C(c4ccc(-c5cc6sc7cc(C)sc7c6s5)cn4)=C3C(=O)N2C)nc1. The van der Waals surface area contributed by atoms with Crippen molar-refractivity contribution in [1.29, 1.82) is 0 Å². The van der Waals surface area contributed by atoms with Crippen molar-refractivity contribution in [2.45, 2.75) is 13.8 Å². The summed E-state index contributed by atoms with van der Waals surface area (Å²) < 4.78 is 5.33. The van der Waals surface area contributed by atoms with Crippen molar-refractivity contribution >= 4 is 76.0 Å². The second kappa shape index (κ2) is 7.92. The molecule has 2 aliphatic heterocycles. The third-order valence-corrected chi connectivity index (χ3v) is 10.6. The Hall–Kier alpha value is -3.66. The van der Waals surface area contributed by atoms with Gasteiger partial charge in [-0.2, -0.15) is 0 Å². The summed E-state index contributed by atoms with van der Waals surface area (Å²) in [6.07, 6.45) is 3.58. The highest BCUT2D eigenvalue weighted by molar-refractivity contribution is 7.39. The first-order valence-electron chi connectivity index (χ1n) is 11.7. The minimum absolute atomic E-state index is 0.222. The van der Waals surface area contributed by atoms with E-state index in [0.29, 0.717) is 33.9 Å². The normalized spacial score (nSPS) is 15.9. The van der Waals surface area contributed by atoms with Gasteiger partial charge in [0.2, 0.25) is 0 Å². The zero-order chi connectivity index (χ0) is 25.6. The maximum Gasteiger partial charge on any atom is 0.261 e. The third-order valence-electron chi connectivity index (χ3n) is 6.82. The van der Waals surface area contributed by atoms with Crippen molar-refractivity contribution in [1.82, 2.24) is 19.8 Å². The van der Waals surface area contributed by atoms with Crippen molar-refractivity contribution in [2.75, 3.05) is 14.1 Å². The van der Waals surface area contributed by atoms with Crippen LogP contribution in [0.2, 0.25) is 0 Å². The van der Waals surface area contributed by atoms with E-state index < -0.39 is 0 Å². The molecular weight excluding hydrogens is 521 g/mol. The summed E-state index contributed by atoms with van der Waals surface area (Å²) in [7, 11) is 3.38. The molecule has 5 aromatic heterocycles. The van der Waals surface area contributed by atoms with Crippen molar-refractivity contribution in [2.24, 2.45) is 0 Å². The number of rotatable bonds is 3. The molecule has 0 bridgehead atoms. The van der Waals surface area contributed by atoms with Crippen LogP contribution in [0.5, 0.6) is 0 Å². The Morgan fingerprint density at radius 2 is 1.30 bits per heavy atom. The van der Waals surface area contributed by atoms with Gasteiger partial charge in [-0.1, -0.05) is 6.07 Å². The molecular formula is C28H20N4O2S3. The van der Waals surface area contributed by atoms with E-state index in [2.05, 4.69) is 24.0 Å². The molecule has 0 spiro atoms. The lowest BCUT2D eigenvalue weighted by Crippen LogP contribution is -2.25. The van der Waals surface area contributed by atoms with Crippen LogP contribution < -0.4 is 0 Å². The number of likely N-dealkylation sites (N-methyl/N-ethyl adjacent to an activating group) is 2. The first kappa shape index (κ1) is 22.5. The smallest absolute Gasteiger partial charge is 0.261 e. The summed E-state index contributed by atoms with van der Waals surface area (Å²) in [6.45, 7) is 4.10. The Bertz CT molecular complexity index is 1850. The highest BCUT2D eigenvalue weighted by Gasteiger charge is 2.47. The lowest BCUT2D eigenvalue weighted by Gasteiger charge is -2.19. The van der Waals surface area contributed by atoms with Crippen molar-refractivity contribution < 1.29 is 9.59 Å². The van der Waals surface area contributed by atoms with Gasteiger partial charge in [-0.15, -0.1) is 34.0 Å². The molecule has 0 saturated heterocycles. The summed E-state index contributed by atoms with van der Waals surface area (Å²) >= 11 is 5.45. The summed E-state index contributed by atoms with van der Waals surface area (Å²) in [6, 6.07) is 12.2. The quantitative estimate of drug-likeness (QED) is 0.269. The van der Waals surface area contributed by atoms with Crippen LogP contribution in [-0.2, 0) is 9.59 Å². The predicted octanol–water partition coefficient (Wildman–Crippen LogP) is 6.32. The second-order valence-corrected chi connectivity index (χ2v) is 12.7. The van der Waals surface area contributed by atoms with Gasteiger partial charge in [0.05, 0.1) is 43.3 Å². The number of amides is 2. The van der Waals surface area contributed by atoms with Gasteiger partial charge >= 0.3 is 0 Å². The number of aryl methyl sites for hydroxylation is 2. The highest BCUT2D eigenvalue weighted by atomic mass is 32.1. The molecule has 0 saturated carbocycles. The zero-order valence-electron chi connectivity index (χ0n) is 20.4. The number of hydrogen-bond acceptors (Lipinski definition) is 7. The van der Waals surface area contributed by atoms with Crippen molar-refractivity contribution in [3.8, 4) is 10.4 Å². The molecule has 6 nitrogen and oxygen atoms in total. The number of nitrogens with zero attached hydrogens (tertiary/aromatic N) is 4. The molecule has 0 atom stereocenters.